The average molecular weight is 430 g/mol. The topological polar surface area (TPSA) is 49.3 Å². The molecule has 1 aliphatic rings. The Kier molecular flexibility index (Phi) is 9.52. The Morgan fingerprint density at radius 1 is 1.26 bits per heavy atom. The zero-order chi connectivity index (χ0) is 15.8. The molecule has 1 aromatic heterocycles. The maximum absolute atomic E-state index is 4.71. The van der Waals surface area contributed by atoms with Gasteiger partial charge in [-0.05, 0) is 57.1 Å². The molecule has 5 heteroatoms. The van der Waals surface area contributed by atoms with Crippen LogP contribution >= 0.6 is 24.0 Å². The van der Waals surface area contributed by atoms with Crippen molar-refractivity contribution < 1.29 is 0 Å². The third kappa shape index (κ3) is 6.65. The molecule has 0 aromatic carbocycles. The fraction of sp³-hybridized carbons (Fsp3) is 0.667. The third-order valence-corrected chi connectivity index (χ3v) is 4.61. The van der Waals surface area contributed by atoms with Crippen LogP contribution in [0.5, 0.6) is 0 Å². The Balaban J connectivity index is 0.00000264. The van der Waals surface area contributed by atoms with Crippen molar-refractivity contribution in [2.45, 2.75) is 65.5 Å². The van der Waals surface area contributed by atoms with E-state index in [1.165, 1.54) is 37.7 Å². The molecule has 1 heterocycles. The molecule has 2 N–H and O–H groups in total. The largest absolute Gasteiger partial charge is 0.357 e. The summed E-state index contributed by atoms with van der Waals surface area (Å²) in [6.07, 6.45) is 8.35. The van der Waals surface area contributed by atoms with Crippen molar-refractivity contribution in [2.24, 2.45) is 10.9 Å². The van der Waals surface area contributed by atoms with Crippen LogP contribution < -0.4 is 10.6 Å². The molecule has 0 bridgehead atoms. The molecule has 0 radical (unpaired) electrons. The lowest BCUT2D eigenvalue weighted by Gasteiger charge is -2.29. The van der Waals surface area contributed by atoms with Gasteiger partial charge < -0.3 is 10.6 Å². The van der Waals surface area contributed by atoms with Crippen LogP contribution in [0.25, 0.3) is 0 Å². The lowest BCUT2D eigenvalue weighted by atomic mass is 9.84. The molecule has 0 unspecified atom stereocenters. The van der Waals surface area contributed by atoms with E-state index in [9.17, 15) is 0 Å². The number of aromatic nitrogens is 1. The van der Waals surface area contributed by atoms with Crippen LogP contribution in [-0.4, -0.2) is 23.5 Å². The molecule has 1 aliphatic carbocycles. The first-order valence-electron chi connectivity index (χ1n) is 8.68. The van der Waals surface area contributed by atoms with Gasteiger partial charge in [-0.1, -0.05) is 19.4 Å². The number of aryl methyl sites for hydroxylation is 1. The summed E-state index contributed by atoms with van der Waals surface area (Å²) in [5, 5.41) is 6.96. The summed E-state index contributed by atoms with van der Waals surface area (Å²) in [7, 11) is 0. The van der Waals surface area contributed by atoms with Crippen molar-refractivity contribution in [3.63, 3.8) is 0 Å². The van der Waals surface area contributed by atoms with Gasteiger partial charge in [-0.25, -0.2) is 4.99 Å². The smallest absolute Gasteiger partial charge is 0.191 e. The normalized spacial score (nSPS) is 21.4. The predicted molar refractivity (Wildman–Crippen MR) is 108 cm³/mol. The molecular formula is C18H31IN4. The van der Waals surface area contributed by atoms with E-state index >= 15 is 0 Å². The van der Waals surface area contributed by atoms with Gasteiger partial charge in [0.25, 0.3) is 0 Å². The van der Waals surface area contributed by atoms with Gasteiger partial charge in [-0.3, -0.25) is 4.98 Å². The predicted octanol–water partition coefficient (Wildman–Crippen LogP) is 4.03. The van der Waals surface area contributed by atoms with Crippen molar-refractivity contribution >= 4 is 29.9 Å². The molecule has 1 saturated carbocycles. The zero-order valence-corrected chi connectivity index (χ0v) is 17.0. The van der Waals surface area contributed by atoms with Gasteiger partial charge in [0.1, 0.15) is 0 Å². The van der Waals surface area contributed by atoms with Crippen molar-refractivity contribution in [1.82, 2.24) is 15.6 Å². The van der Waals surface area contributed by atoms with Gasteiger partial charge >= 0.3 is 0 Å². The van der Waals surface area contributed by atoms with Crippen molar-refractivity contribution in [3.8, 4) is 0 Å². The Labute approximate surface area is 158 Å². The minimum Gasteiger partial charge on any atom is -0.357 e. The Bertz CT molecular complexity index is 482. The first kappa shape index (κ1) is 20.2. The highest BCUT2D eigenvalue weighted by atomic mass is 127. The standard InChI is InChI=1S/C18H30N4.HI/c1-4-15-8-10-16(11-9-15)22-18(19-5-2)21-13-17-14(3)7-6-12-20-17;/h6-7,12,15-16H,4-5,8-11,13H2,1-3H3,(H2,19,21,22);1H. The number of hydrogen-bond acceptors (Lipinski definition) is 2. The van der Waals surface area contributed by atoms with Crippen LogP contribution in [0, 0.1) is 12.8 Å². The molecule has 0 saturated heterocycles. The monoisotopic (exact) mass is 430 g/mol. The van der Waals surface area contributed by atoms with E-state index in [0.29, 0.717) is 12.6 Å². The Morgan fingerprint density at radius 3 is 2.61 bits per heavy atom. The summed E-state index contributed by atoms with van der Waals surface area (Å²) < 4.78 is 0. The van der Waals surface area contributed by atoms with Crippen molar-refractivity contribution in [3.05, 3.63) is 29.6 Å². The van der Waals surface area contributed by atoms with E-state index in [0.717, 1.165) is 24.1 Å². The summed E-state index contributed by atoms with van der Waals surface area (Å²) in [5.74, 6) is 1.85. The summed E-state index contributed by atoms with van der Waals surface area (Å²) in [6.45, 7) is 8.02. The van der Waals surface area contributed by atoms with E-state index in [1.54, 1.807) is 0 Å². The highest BCUT2D eigenvalue weighted by Crippen LogP contribution is 2.26. The van der Waals surface area contributed by atoms with Gasteiger partial charge in [-0.15, -0.1) is 24.0 Å². The molecule has 0 atom stereocenters. The van der Waals surface area contributed by atoms with Gasteiger partial charge in [-0.2, -0.15) is 0 Å². The molecule has 130 valence electrons. The molecule has 1 fully saturated rings. The van der Waals surface area contributed by atoms with Crippen LogP contribution in [0.4, 0.5) is 0 Å². The average Bonchev–Trinajstić information content (AvgIpc) is 2.55. The molecule has 23 heavy (non-hydrogen) atoms. The lowest BCUT2D eigenvalue weighted by molar-refractivity contribution is 0.304. The summed E-state index contributed by atoms with van der Waals surface area (Å²) in [5.41, 5.74) is 2.25. The van der Waals surface area contributed by atoms with Crippen molar-refractivity contribution in [2.75, 3.05) is 6.54 Å². The SMILES string of the molecule is CCNC(=NCc1ncccc1C)NC1CCC(CC)CC1.I. The highest BCUT2D eigenvalue weighted by Gasteiger charge is 2.20. The lowest BCUT2D eigenvalue weighted by Crippen LogP contribution is -2.44. The number of rotatable bonds is 5. The maximum Gasteiger partial charge on any atom is 0.191 e. The second kappa shape index (κ2) is 10.8. The quantitative estimate of drug-likeness (QED) is 0.421. The Hall–Kier alpha value is -0.850. The van der Waals surface area contributed by atoms with Gasteiger partial charge in [0, 0.05) is 18.8 Å². The zero-order valence-electron chi connectivity index (χ0n) is 14.6. The number of aliphatic imine (C=N–C) groups is 1. The molecule has 1 aromatic rings. The number of nitrogens with one attached hydrogen (secondary N) is 2. The first-order chi connectivity index (χ1) is 10.7. The number of hydrogen-bond donors (Lipinski definition) is 2. The molecule has 2 rings (SSSR count). The van der Waals surface area contributed by atoms with E-state index < -0.39 is 0 Å². The van der Waals surface area contributed by atoms with Gasteiger partial charge in [0.05, 0.1) is 12.2 Å². The fourth-order valence-corrected chi connectivity index (χ4v) is 3.07. The minimum absolute atomic E-state index is 0. The summed E-state index contributed by atoms with van der Waals surface area (Å²) >= 11 is 0. The first-order valence-corrected chi connectivity index (χ1v) is 8.68. The fourth-order valence-electron chi connectivity index (χ4n) is 3.07. The summed E-state index contributed by atoms with van der Waals surface area (Å²) in [4.78, 5) is 9.13. The van der Waals surface area contributed by atoms with E-state index in [1.807, 2.05) is 12.3 Å². The number of pyridine rings is 1. The number of halogens is 1. The third-order valence-electron chi connectivity index (χ3n) is 4.61. The molecule has 0 spiro atoms. The maximum atomic E-state index is 4.71. The highest BCUT2D eigenvalue weighted by molar-refractivity contribution is 14.0. The molecule has 0 amide bonds. The van der Waals surface area contributed by atoms with Crippen LogP contribution in [0.15, 0.2) is 23.3 Å². The van der Waals surface area contributed by atoms with Gasteiger partial charge in [0.15, 0.2) is 5.96 Å². The molecule has 0 aliphatic heterocycles. The second-order valence-electron chi connectivity index (χ2n) is 6.23. The van der Waals surface area contributed by atoms with E-state index in [-0.39, 0.29) is 24.0 Å². The summed E-state index contributed by atoms with van der Waals surface area (Å²) in [6, 6.07) is 4.62. The van der Waals surface area contributed by atoms with Crippen LogP contribution in [0.2, 0.25) is 0 Å². The second-order valence-corrected chi connectivity index (χ2v) is 6.23. The number of guanidine groups is 1. The Morgan fingerprint density at radius 2 is 2.00 bits per heavy atom. The van der Waals surface area contributed by atoms with E-state index in [2.05, 4.69) is 42.5 Å². The van der Waals surface area contributed by atoms with Crippen LogP contribution in [0.1, 0.15) is 57.2 Å². The van der Waals surface area contributed by atoms with Crippen LogP contribution in [-0.2, 0) is 6.54 Å². The van der Waals surface area contributed by atoms with Crippen molar-refractivity contribution in [1.29, 1.82) is 0 Å². The van der Waals surface area contributed by atoms with Gasteiger partial charge in [0.2, 0.25) is 0 Å². The molecule has 4 nitrogen and oxygen atoms in total. The number of nitrogens with zero attached hydrogens (tertiary/aromatic N) is 2. The molecular weight excluding hydrogens is 399 g/mol. The van der Waals surface area contributed by atoms with Crippen LogP contribution in [0.3, 0.4) is 0 Å². The van der Waals surface area contributed by atoms with E-state index in [4.69, 9.17) is 4.99 Å². The minimum atomic E-state index is 0.